The molecule has 29 heavy (non-hydrogen) atoms. The number of ether oxygens (including phenoxy) is 1. The van der Waals surface area contributed by atoms with E-state index in [-0.39, 0.29) is 29.3 Å². The van der Waals surface area contributed by atoms with E-state index in [0.717, 1.165) is 16.8 Å². The molecule has 0 bridgehead atoms. The Morgan fingerprint density at radius 3 is 2.66 bits per heavy atom. The van der Waals surface area contributed by atoms with E-state index in [1.54, 1.807) is 24.3 Å². The van der Waals surface area contributed by atoms with E-state index in [2.05, 4.69) is 4.98 Å². The van der Waals surface area contributed by atoms with Crippen molar-refractivity contribution in [3.8, 4) is 16.3 Å². The molecule has 7 heteroatoms. The van der Waals surface area contributed by atoms with Crippen molar-refractivity contribution in [3.05, 3.63) is 74.6 Å². The van der Waals surface area contributed by atoms with Gasteiger partial charge in [-0.1, -0.05) is 19.1 Å². The quantitative estimate of drug-likeness (QED) is 0.496. The van der Waals surface area contributed by atoms with Gasteiger partial charge in [-0.25, -0.2) is 9.37 Å². The number of aromatic nitrogens is 1. The number of halogens is 1. The zero-order chi connectivity index (χ0) is 20.5. The number of rotatable bonds is 5. The van der Waals surface area contributed by atoms with Crippen LogP contribution in [0.3, 0.4) is 0 Å². The molecule has 0 unspecified atom stereocenters. The van der Waals surface area contributed by atoms with Crippen LogP contribution < -0.4 is 15.9 Å². The van der Waals surface area contributed by atoms with Crippen molar-refractivity contribution >= 4 is 28.2 Å². The molecule has 0 amide bonds. The van der Waals surface area contributed by atoms with Crippen LogP contribution in [0.2, 0.25) is 0 Å². The lowest BCUT2D eigenvalue weighted by Gasteiger charge is -2.13. The standard InChI is InChI=1S/C22H19FN2O3S/c1-3-14-8-16-18(9-17(14)27-10-13-4-6-15(23)7-5-13)28-21(24)19(20(16)26)22-25-12(2)11-29-22/h4-9,11H,3,10,24H2,1-2H3. The third-order valence-corrected chi connectivity index (χ3v) is 5.60. The van der Waals surface area contributed by atoms with E-state index >= 15 is 0 Å². The molecular weight excluding hydrogens is 391 g/mol. The van der Waals surface area contributed by atoms with Crippen molar-refractivity contribution in [2.24, 2.45) is 0 Å². The van der Waals surface area contributed by atoms with Crippen LogP contribution in [-0.2, 0) is 13.0 Å². The van der Waals surface area contributed by atoms with Crippen LogP contribution in [0.25, 0.3) is 21.5 Å². The molecule has 0 fully saturated rings. The third kappa shape index (κ3) is 3.73. The summed E-state index contributed by atoms with van der Waals surface area (Å²) in [6.45, 7) is 4.11. The minimum absolute atomic E-state index is 0.0329. The molecule has 0 radical (unpaired) electrons. The van der Waals surface area contributed by atoms with Crippen LogP contribution in [0.5, 0.6) is 5.75 Å². The van der Waals surface area contributed by atoms with E-state index in [9.17, 15) is 9.18 Å². The van der Waals surface area contributed by atoms with Crippen LogP contribution in [0.15, 0.2) is 51.0 Å². The van der Waals surface area contributed by atoms with E-state index in [4.69, 9.17) is 14.9 Å². The molecule has 5 nitrogen and oxygen atoms in total. The van der Waals surface area contributed by atoms with Gasteiger partial charge in [0.2, 0.25) is 11.3 Å². The number of nitrogen functional groups attached to an aromatic ring is 1. The van der Waals surface area contributed by atoms with Gasteiger partial charge in [0, 0.05) is 17.1 Å². The van der Waals surface area contributed by atoms with Gasteiger partial charge >= 0.3 is 0 Å². The molecular formula is C22H19FN2O3S. The lowest BCUT2D eigenvalue weighted by molar-refractivity contribution is 0.303. The smallest absolute Gasteiger partial charge is 0.205 e. The third-order valence-electron chi connectivity index (χ3n) is 4.62. The molecule has 0 atom stereocenters. The fourth-order valence-corrected chi connectivity index (χ4v) is 3.95. The molecule has 2 aromatic carbocycles. The maximum Gasteiger partial charge on any atom is 0.205 e. The van der Waals surface area contributed by atoms with Gasteiger partial charge in [-0.2, -0.15) is 0 Å². The summed E-state index contributed by atoms with van der Waals surface area (Å²) in [4.78, 5) is 17.5. The number of thiazole rings is 1. The van der Waals surface area contributed by atoms with Crippen LogP contribution in [0, 0.1) is 12.7 Å². The first kappa shape index (κ1) is 19.1. The van der Waals surface area contributed by atoms with Gasteiger partial charge in [0.25, 0.3) is 0 Å². The Morgan fingerprint density at radius 2 is 2.00 bits per heavy atom. The van der Waals surface area contributed by atoms with Crippen LogP contribution in [0.4, 0.5) is 10.3 Å². The van der Waals surface area contributed by atoms with Gasteiger partial charge in [0.05, 0.1) is 5.39 Å². The molecule has 4 rings (SSSR count). The Kier molecular flexibility index (Phi) is 5.07. The molecule has 0 aliphatic carbocycles. The number of hydrogen-bond acceptors (Lipinski definition) is 6. The molecule has 0 aliphatic rings. The second kappa shape index (κ2) is 7.67. The van der Waals surface area contributed by atoms with Crippen molar-refractivity contribution in [3.63, 3.8) is 0 Å². The van der Waals surface area contributed by atoms with E-state index in [0.29, 0.717) is 28.1 Å². The van der Waals surface area contributed by atoms with Gasteiger partial charge in [-0.3, -0.25) is 4.79 Å². The van der Waals surface area contributed by atoms with Crippen LogP contribution >= 0.6 is 11.3 Å². The van der Waals surface area contributed by atoms with Gasteiger partial charge in [0.15, 0.2) is 0 Å². The lowest BCUT2D eigenvalue weighted by atomic mass is 10.1. The first-order valence-corrected chi connectivity index (χ1v) is 10.0. The maximum atomic E-state index is 13.1. The first-order valence-electron chi connectivity index (χ1n) is 9.15. The molecule has 2 aromatic heterocycles. The van der Waals surface area contributed by atoms with Crippen molar-refractivity contribution in [1.82, 2.24) is 4.98 Å². The predicted octanol–water partition coefficient (Wildman–Crippen LogP) is 5.09. The number of anilines is 1. The first-order chi connectivity index (χ1) is 14.0. The van der Waals surface area contributed by atoms with Gasteiger partial charge in [0.1, 0.15) is 34.3 Å². The Bertz CT molecular complexity index is 1250. The number of fused-ring (bicyclic) bond motifs is 1. The van der Waals surface area contributed by atoms with Crippen molar-refractivity contribution < 1.29 is 13.5 Å². The summed E-state index contributed by atoms with van der Waals surface area (Å²) in [5.41, 5.74) is 9.02. The average Bonchev–Trinajstić information content (AvgIpc) is 3.12. The van der Waals surface area contributed by atoms with Crippen LogP contribution in [-0.4, -0.2) is 4.98 Å². The fraction of sp³-hybridized carbons (Fsp3) is 0.182. The topological polar surface area (TPSA) is 78.4 Å². The number of nitrogens with zero attached hydrogens (tertiary/aromatic N) is 1. The van der Waals surface area contributed by atoms with E-state index in [1.165, 1.54) is 23.5 Å². The van der Waals surface area contributed by atoms with Gasteiger partial charge < -0.3 is 14.9 Å². The Balaban J connectivity index is 1.76. The molecule has 0 saturated carbocycles. The number of nitrogens with two attached hydrogens (primary N) is 1. The Hall–Kier alpha value is -3.19. The SMILES string of the molecule is CCc1cc2c(=O)c(-c3nc(C)cs3)c(N)oc2cc1OCc1ccc(F)cc1. The monoisotopic (exact) mass is 410 g/mol. The number of aryl methyl sites for hydroxylation is 2. The molecule has 2 heterocycles. The zero-order valence-corrected chi connectivity index (χ0v) is 16.8. The summed E-state index contributed by atoms with van der Waals surface area (Å²) < 4.78 is 24.8. The fourth-order valence-electron chi connectivity index (χ4n) is 3.11. The minimum atomic E-state index is -0.294. The second-order valence-corrected chi connectivity index (χ2v) is 7.55. The highest BCUT2D eigenvalue weighted by Gasteiger charge is 2.19. The summed E-state index contributed by atoms with van der Waals surface area (Å²) in [5.74, 6) is 0.340. The molecule has 0 spiro atoms. The second-order valence-electron chi connectivity index (χ2n) is 6.69. The van der Waals surface area contributed by atoms with E-state index in [1.807, 2.05) is 19.2 Å². The molecule has 0 aliphatic heterocycles. The number of hydrogen-bond donors (Lipinski definition) is 1. The summed E-state index contributed by atoms with van der Waals surface area (Å²) >= 11 is 1.36. The van der Waals surface area contributed by atoms with Crippen LogP contribution in [0.1, 0.15) is 23.7 Å². The molecule has 2 N–H and O–H groups in total. The lowest BCUT2D eigenvalue weighted by Crippen LogP contribution is -2.10. The van der Waals surface area contributed by atoms with Gasteiger partial charge in [-0.15, -0.1) is 11.3 Å². The molecule has 0 saturated heterocycles. The summed E-state index contributed by atoms with van der Waals surface area (Å²) in [5, 5.41) is 2.85. The molecule has 148 valence electrons. The van der Waals surface area contributed by atoms with Crippen molar-refractivity contribution in [2.45, 2.75) is 26.9 Å². The Morgan fingerprint density at radius 1 is 1.24 bits per heavy atom. The highest BCUT2D eigenvalue weighted by molar-refractivity contribution is 7.13. The number of benzene rings is 2. The Labute approximate surface area is 170 Å². The summed E-state index contributed by atoms with van der Waals surface area (Å²) in [6, 6.07) is 9.59. The largest absolute Gasteiger partial charge is 0.488 e. The highest BCUT2D eigenvalue weighted by Crippen LogP contribution is 2.32. The zero-order valence-electron chi connectivity index (χ0n) is 16.0. The normalized spacial score (nSPS) is 11.1. The summed E-state index contributed by atoms with van der Waals surface area (Å²) in [6.07, 6.45) is 0.671. The van der Waals surface area contributed by atoms with Crippen molar-refractivity contribution in [2.75, 3.05) is 5.73 Å². The summed E-state index contributed by atoms with van der Waals surface area (Å²) in [7, 11) is 0. The van der Waals surface area contributed by atoms with Crippen molar-refractivity contribution in [1.29, 1.82) is 0 Å². The highest BCUT2D eigenvalue weighted by atomic mass is 32.1. The average molecular weight is 410 g/mol. The maximum absolute atomic E-state index is 13.1. The predicted molar refractivity (Wildman–Crippen MR) is 113 cm³/mol. The van der Waals surface area contributed by atoms with E-state index < -0.39 is 0 Å². The van der Waals surface area contributed by atoms with Gasteiger partial charge in [-0.05, 0) is 42.7 Å². The molecule has 4 aromatic rings. The minimum Gasteiger partial charge on any atom is -0.488 e.